The van der Waals surface area contributed by atoms with E-state index in [0.29, 0.717) is 24.6 Å². The molecule has 0 saturated heterocycles. The molecule has 0 aromatic heterocycles. The van der Waals surface area contributed by atoms with Crippen LogP contribution in [0.4, 0.5) is 0 Å². The summed E-state index contributed by atoms with van der Waals surface area (Å²) in [6.45, 7) is 3.93. The first-order valence-electron chi connectivity index (χ1n) is 6.74. The number of halogens is 2. The van der Waals surface area contributed by atoms with Gasteiger partial charge in [0.05, 0.1) is 13.2 Å². The molecule has 0 aliphatic heterocycles. The third kappa shape index (κ3) is 8.95. The third-order valence-electron chi connectivity index (χ3n) is 2.13. The summed E-state index contributed by atoms with van der Waals surface area (Å²) in [4.78, 5) is 0.0955. The molecule has 144 valence electrons. The molecule has 0 aromatic carbocycles. The SMILES string of the molecule is CCOSOP(=O)(OSOCC)C(C#N)=C(C(=S)C=CCl)C(=S)C=CCl. The van der Waals surface area contributed by atoms with Crippen LogP contribution < -0.4 is 0 Å². The molecule has 6 nitrogen and oxygen atoms in total. The Morgan fingerprint density at radius 1 is 1.08 bits per heavy atom. The van der Waals surface area contributed by atoms with Crippen molar-refractivity contribution in [1.29, 1.82) is 5.26 Å². The van der Waals surface area contributed by atoms with Gasteiger partial charge in [0.25, 0.3) is 0 Å². The summed E-state index contributed by atoms with van der Waals surface area (Å²) in [7, 11) is -4.23. The van der Waals surface area contributed by atoms with Crippen molar-refractivity contribution in [2.24, 2.45) is 0 Å². The molecule has 0 saturated carbocycles. The minimum Gasteiger partial charge on any atom is -0.291 e. The van der Waals surface area contributed by atoms with Gasteiger partial charge in [-0.3, -0.25) is 12.9 Å². The standard InChI is InChI=1S/C13H14Cl2NO5PS4/c1-3-18-25-20-22(17,21-26-19-4-2)10(9-16)13(11(23)5-7-14)12(24)6-8-15/h5-8H,3-4H2,1-2H3. The molecule has 0 bridgehead atoms. The molecule has 0 fully saturated rings. The van der Waals surface area contributed by atoms with Gasteiger partial charge in [-0.15, -0.1) is 0 Å². The van der Waals surface area contributed by atoms with Crippen molar-refractivity contribution in [2.75, 3.05) is 13.2 Å². The average Bonchev–Trinajstić information content (AvgIpc) is 2.60. The molecule has 0 heterocycles. The van der Waals surface area contributed by atoms with Crippen LogP contribution in [0.15, 0.2) is 34.1 Å². The van der Waals surface area contributed by atoms with Crippen LogP contribution in [0.3, 0.4) is 0 Å². The van der Waals surface area contributed by atoms with Crippen LogP contribution in [0.5, 0.6) is 0 Å². The van der Waals surface area contributed by atoms with Gasteiger partial charge in [0.2, 0.25) is 0 Å². The maximum atomic E-state index is 13.2. The minimum absolute atomic E-state index is 0.0381. The van der Waals surface area contributed by atoms with E-state index in [4.69, 9.17) is 63.9 Å². The highest BCUT2D eigenvalue weighted by Gasteiger charge is 2.38. The summed E-state index contributed by atoms with van der Waals surface area (Å²) in [5.41, 5.74) is 2.21. The molecule has 0 unspecified atom stereocenters. The zero-order valence-electron chi connectivity index (χ0n) is 13.5. The van der Waals surface area contributed by atoms with E-state index in [2.05, 4.69) is 0 Å². The molecule has 0 spiro atoms. The van der Waals surface area contributed by atoms with E-state index in [1.807, 2.05) is 0 Å². The van der Waals surface area contributed by atoms with Crippen molar-refractivity contribution in [3.63, 3.8) is 0 Å². The Bertz CT molecular complexity index is 638. The lowest BCUT2D eigenvalue weighted by atomic mass is 10.1. The van der Waals surface area contributed by atoms with Gasteiger partial charge in [-0.2, -0.15) is 5.26 Å². The predicted octanol–water partition coefficient (Wildman–Crippen LogP) is 6.43. The second-order valence-corrected chi connectivity index (χ2v) is 8.51. The van der Waals surface area contributed by atoms with Gasteiger partial charge in [-0.05, 0) is 26.0 Å². The van der Waals surface area contributed by atoms with E-state index < -0.39 is 12.9 Å². The molecule has 0 aromatic rings. The normalized spacial score (nSPS) is 11.7. The van der Waals surface area contributed by atoms with Crippen molar-refractivity contribution in [2.45, 2.75) is 13.8 Å². The molecule has 26 heavy (non-hydrogen) atoms. The lowest BCUT2D eigenvalue weighted by molar-refractivity contribution is 0.339. The quantitative estimate of drug-likeness (QED) is 0.0713. The first-order chi connectivity index (χ1) is 12.4. The fourth-order valence-electron chi connectivity index (χ4n) is 1.20. The highest BCUT2D eigenvalue weighted by Crippen LogP contribution is 2.62. The number of allylic oxidation sites excluding steroid dienone is 4. The largest absolute Gasteiger partial charge is 0.398 e. The molecular weight excluding hydrogens is 480 g/mol. The third-order valence-corrected chi connectivity index (χ3v) is 6.65. The maximum absolute atomic E-state index is 13.2. The first kappa shape index (κ1) is 26.2. The van der Waals surface area contributed by atoms with Crippen LogP contribution in [0.2, 0.25) is 0 Å². The molecule has 0 N–H and O–H groups in total. The maximum Gasteiger partial charge on any atom is 0.398 e. The Labute approximate surface area is 182 Å². The summed E-state index contributed by atoms with van der Waals surface area (Å²) in [5.74, 6) is 0. The number of nitrogens with zero attached hydrogens (tertiary/aromatic N) is 1. The summed E-state index contributed by atoms with van der Waals surface area (Å²) < 4.78 is 33.3. The van der Waals surface area contributed by atoms with Crippen LogP contribution in [-0.4, -0.2) is 22.9 Å². The smallest absolute Gasteiger partial charge is 0.291 e. The topological polar surface area (TPSA) is 77.8 Å². The highest BCUT2D eigenvalue weighted by molar-refractivity contribution is 7.98. The minimum atomic E-state index is -4.23. The molecule has 0 rings (SSSR count). The van der Waals surface area contributed by atoms with Gasteiger partial charge in [0.15, 0.2) is 30.0 Å². The summed E-state index contributed by atoms with van der Waals surface area (Å²) in [6, 6.07) is 1.78. The summed E-state index contributed by atoms with van der Waals surface area (Å²) >= 11 is 22.3. The van der Waals surface area contributed by atoms with Gasteiger partial charge < -0.3 is 0 Å². The molecule has 0 radical (unpaired) electrons. The van der Waals surface area contributed by atoms with Crippen molar-refractivity contribution in [3.05, 3.63) is 34.1 Å². The number of hydrogen-bond donors (Lipinski definition) is 0. The molecule has 0 atom stereocenters. The van der Waals surface area contributed by atoms with E-state index in [0.717, 1.165) is 11.1 Å². The van der Waals surface area contributed by atoms with Crippen molar-refractivity contribution in [1.82, 2.24) is 0 Å². The number of hydrogen-bond acceptors (Lipinski definition) is 10. The van der Waals surface area contributed by atoms with E-state index in [1.165, 1.54) is 12.2 Å². The molecule has 0 aliphatic rings. The Morgan fingerprint density at radius 3 is 1.81 bits per heavy atom. The molecule has 0 aliphatic carbocycles. The average molecular weight is 494 g/mol. The van der Waals surface area contributed by atoms with E-state index in [9.17, 15) is 9.83 Å². The zero-order valence-corrected chi connectivity index (χ0v) is 19.2. The fraction of sp³-hybridized carbons (Fsp3) is 0.308. The van der Waals surface area contributed by atoms with Gasteiger partial charge in [-0.1, -0.05) is 47.6 Å². The Morgan fingerprint density at radius 2 is 1.50 bits per heavy atom. The summed E-state index contributed by atoms with van der Waals surface area (Å²) in [5, 5.41) is 9.17. The van der Waals surface area contributed by atoms with Crippen LogP contribution >= 0.6 is 79.9 Å². The Balaban J connectivity index is 6.26. The van der Waals surface area contributed by atoms with E-state index in [1.54, 1.807) is 19.9 Å². The van der Waals surface area contributed by atoms with Gasteiger partial charge >= 0.3 is 7.60 Å². The van der Waals surface area contributed by atoms with Gasteiger partial charge in [0.1, 0.15) is 6.07 Å². The van der Waals surface area contributed by atoms with Crippen LogP contribution in [0.25, 0.3) is 0 Å². The monoisotopic (exact) mass is 493 g/mol. The molecule has 0 amide bonds. The fourth-order valence-corrected chi connectivity index (χ4v) is 5.11. The van der Waals surface area contributed by atoms with Gasteiger partial charge in [0, 0.05) is 26.4 Å². The second-order valence-electron chi connectivity index (χ2n) is 3.74. The first-order valence-corrected chi connectivity index (χ1v) is 11.3. The molecular formula is C13H14Cl2NO5PS4. The highest BCUT2D eigenvalue weighted by atomic mass is 35.5. The number of thiocarbonyl (C=S) groups is 2. The van der Waals surface area contributed by atoms with Crippen LogP contribution in [0, 0.1) is 11.3 Å². The number of rotatable bonds is 13. The van der Waals surface area contributed by atoms with Crippen molar-refractivity contribution >= 4 is 89.6 Å². The van der Waals surface area contributed by atoms with Crippen LogP contribution in [0.1, 0.15) is 13.8 Å². The van der Waals surface area contributed by atoms with E-state index in [-0.39, 0.29) is 28.5 Å². The van der Waals surface area contributed by atoms with Gasteiger partial charge in [-0.25, -0.2) is 7.94 Å². The lowest BCUT2D eigenvalue weighted by Crippen LogP contribution is -2.10. The predicted molar refractivity (Wildman–Crippen MR) is 116 cm³/mol. The Kier molecular flexibility index (Phi) is 15.3. The van der Waals surface area contributed by atoms with E-state index >= 15 is 0 Å². The zero-order chi connectivity index (χ0) is 20.0. The Hall–Kier alpha value is 0.240. The second kappa shape index (κ2) is 15.2. The lowest BCUT2D eigenvalue weighted by Gasteiger charge is -2.17. The molecule has 13 heteroatoms. The number of nitriles is 1. The summed E-state index contributed by atoms with van der Waals surface area (Å²) in [6.07, 6.45) is 2.60. The van der Waals surface area contributed by atoms with Crippen LogP contribution in [-0.2, 0) is 20.9 Å². The van der Waals surface area contributed by atoms with Crippen molar-refractivity contribution < 1.29 is 20.9 Å². The van der Waals surface area contributed by atoms with Crippen molar-refractivity contribution in [3.8, 4) is 6.07 Å².